The van der Waals surface area contributed by atoms with Gasteiger partial charge in [-0.15, -0.1) is 0 Å². The molecule has 0 aliphatic heterocycles. The average Bonchev–Trinajstić information content (AvgIpc) is 2.55. The van der Waals surface area contributed by atoms with Crippen molar-refractivity contribution in [1.82, 2.24) is 0 Å². The maximum Gasteiger partial charge on any atom is 0.342 e. The summed E-state index contributed by atoms with van der Waals surface area (Å²) in [6.07, 6.45) is 0. The fourth-order valence-electron chi connectivity index (χ4n) is 2.31. The van der Waals surface area contributed by atoms with Gasteiger partial charge >= 0.3 is 5.97 Å². The van der Waals surface area contributed by atoms with Gasteiger partial charge in [0.1, 0.15) is 17.9 Å². The van der Waals surface area contributed by atoms with E-state index in [0.29, 0.717) is 21.0 Å². The molecule has 0 bridgehead atoms. The molecule has 0 saturated carbocycles. The van der Waals surface area contributed by atoms with E-state index in [9.17, 15) is 9.90 Å². The number of halogens is 2. The Morgan fingerprint density at radius 3 is 2.39 bits per heavy atom. The second-order valence-electron chi connectivity index (χ2n) is 4.96. The summed E-state index contributed by atoms with van der Waals surface area (Å²) in [6.45, 7) is -0.0659. The van der Waals surface area contributed by atoms with E-state index in [2.05, 4.69) is 0 Å². The highest BCUT2D eigenvalue weighted by Crippen LogP contribution is 2.30. The zero-order valence-corrected chi connectivity index (χ0v) is 13.4. The summed E-state index contributed by atoms with van der Waals surface area (Å²) in [6, 6.07) is 15.6. The Bertz CT molecular complexity index is 870. The maximum atomic E-state index is 12.2. The second kappa shape index (κ2) is 6.49. The predicted molar refractivity (Wildman–Crippen MR) is 91.2 cm³/mol. The van der Waals surface area contributed by atoms with Gasteiger partial charge in [0.25, 0.3) is 0 Å². The topological polar surface area (TPSA) is 46.5 Å². The summed E-state index contributed by atoms with van der Waals surface area (Å²) >= 11 is 12.1. The number of benzene rings is 3. The first-order valence-corrected chi connectivity index (χ1v) is 7.64. The van der Waals surface area contributed by atoms with Crippen molar-refractivity contribution in [3.8, 4) is 5.75 Å². The molecule has 3 nitrogen and oxygen atoms in total. The molecule has 0 atom stereocenters. The molecular weight excluding hydrogens is 335 g/mol. The van der Waals surface area contributed by atoms with Gasteiger partial charge in [-0.1, -0.05) is 59.6 Å². The smallest absolute Gasteiger partial charge is 0.342 e. The van der Waals surface area contributed by atoms with Crippen LogP contribution in [0.3, 0.4) is 0 Å². The normalized spacial score (nSPS) is 10.7. The molecule has 1 N–H and O–H groups in total. The zero-order chi connectivity index (χ0) is 16.4. The van der Waals surface area contributed by atoms with E-state index in [1.165, 1.54) is 6.07 Å². The minimum Gasteiger partial charge on any atom is -0.506 e. The quantitative estimate of drug-likeness (QED) is 0.662. The first-order valence-electron chi connectivity index (χ1n) is 6.88. The molecule has 3 aromatic carbocycles. The third kappa shape index (κ3) is 3.11. The predicted octanol–water partition coefficient (Wildman–Crippen LogP) is 5.21. The largest absolute Gasteiger partial charge is 0.506 e. The fraction of sp³-hybridized carbons (Fsp3) is 0.0556. The molecule has 0 saturated heterocycles. The third-order valence-corrected chi connectivity index (χ3v) is 4.24. The Hall–Kier alpha value is -2.23. The number of ether oxygens (including phenoxy) is 1. The van der Waals surface area contributed by atoms with E-state index >= 15 is 0 Å². The summed E-state index contributed by atoms with van der Waals surface area (Å²) in [4.78, 5) is 12.2. The SMILES string of the molecule is O=C(OCc1c(Cl)cccc1Cl)c1ccc2ccccc2c1O. The average molecular weight is 347 g/mol. The molecule has 0 unspecified atom stereocenters. The number of hydrogen-bond donors (Lipinski definition) is 1. The van der Waals surface area contributed by atoms with Crippen molar-refractivity contribution in [2.75, 3.05) is 0 Å². The lowest BCUT2D eigenvalue weighted by atomic mass is 10.1. The zero-order valence-electron chi connectivity index (χ0n) is 11.9. The number of aromatic hydroxyl groups is 1. The number of rotatable bonds is 3. The van der Waals surface area contributed by atoms with Crippen LogP contribution in [0.5, 0.6) is 5.75 Å². The van der Waals surface area contributed by atoms with Gasteiger partial charge < -0.3 is 9.84 Å². The highest BCUT2D eigenvalue weighted by atomic mass is 35.5. The molecule has 0 aliphatic rings. The van der Waals surface area contributed by atoms with Crippen LogP contribution in [0.4, 0.5) is 0 Å². The lowest BCUT2D eigenvalue weighted by Gasteiger charge is -2.10. The highest BCUT2D eigenvalue weighted by Gasteiger charge is 2.16. The Morgan fingerprint density at radius 2 is 1.65 bits per heavy atom. The van der Waals surface area contributed by atoms with Crippen LogP contribution in [0.15, 0.2) is 54.6 Å². The molecule has 0 radical (unpaired) electrons. The Kier molecular flexibility index (Phi) is 4.42. The lowest BCUT2D eigenvalue weighted by Crippen LogP contribution is -2.06. The van der Waals surface area contributed by atoms with Crippen LogP contribution in [-0.2, 0) is 11.3 Å². The van der Waals surface area contributed by atoms with Crippen molar-refractivity contribution in [3.63, 3.8) is 0 Å². The summed E-state index contributed by atoms with van der Waals surface area (Å²) in [5.74, 6) is -0.734. The number of phenols is 1. The van der Waals surface area contributed by atoms with E-state index in [-0.39, 0.29) is 17.9 Å². The minimum absolute atomic E-state index is 0.0659. The summed E-state index contributed by atoms with van der Waals surface area (Å²) in [5.41, 5.74) is 0.635. The van der Waals surface area contributed by atoms with Gasteiger partial charge in [-0.3, -0.25) is 0 Å². The molecule has 23 heavy (non-hydrogen) atoms. The van der Waals surface area contributed by atoms with Crippen molar-refractivity contribution < 1.29 is 14.6 Å². The first kappa shape index (κ1) is 15.7. The van der Waals surface area contributed by atoms with Crippen molar-refractivity contribution >= 4 is 39.9 Å². The molecule has 5 heteroatoms. The van der Waals surface area contributed by atoms with E-state index in [1.807, 2.05) is 12.1 Å². The van der Waals surface area contributed by atoms with Crippen LogP contribution in [0, 0.1) is 0 Å². The van der Waals surface area contributed by atoms with Crippen LogP contribution < -0.4 is 0 Å². The van der Waals surface area contributed by atoms with Gasteiger partial charge in [0, 0.05) is 21.0 Å². The molecule has 0 aromatic heterocycles. The Balaban J connectivity index is 1.85. The molecule has 0 fully saturated rings. The van der Waals surface area contributed by atoms with Gasteiger partial charge in [-0.2, -0.15) is 0 Å². The molecule has 3 aromatic rings. The van der Waals surface area contributed by atoms with E-state index in [0.717, 1.165) is 5.39 Å². The molecule has 116 valence electrons. The third-order valence-electron chi connectivity index (χ3n) is 3.53. The number of carbonyl (C=O) groups excluding carboxylic acids is 1. The first-order chi connectivity index (χ1) is 11.1. The molecule has 0 heterocycles. The van der Waals surface area contributed by atoms with Gasteiger partial charge in [-0.25, -0.2) is 4.79 Å². The van der Waals surface area contributed by atoms with Gasteiger partial charge in [0.05, 0.1) is 0 Å². The molecule has 0 amide bonds. The van der Waals surface area contributed by atoms with E-state index in [1.54, 1.807) is 36.4 Å². The fourth-order valence-corrected chi connectivity index (χ4v) is 2.81. The van der Waals surface area contributed by atoms with Gasteiger partial charge in [0.15, 0.2) is 0 Å². The van der Waals surface area contributed by atoms with E-state index < -0.39 is 5.97 Å². The second-order valence-corrected chi connectivity index (χ2v) is 5.77. The number of esters is 1. The highest BCUT2D eigenvalue weighted by molar-refractivity contribution is 6.35. The number of hydrogen-bond acceptors (Lipinski definition) is 3. The molecule has 0 aliphatic carbocycles. The maximum absolute atomic E-state index is 12.2. The van der Waals surface area contributed by atoms with Crippen molar-refractivity contribution in [2.24, 2.45) is 0 Å². The van der Waals surface area contributed by atoms with E-state index in [4.69, 9.17) is 27.9 Å². The number of fused-ring (bicyclic) bond motifs is 1. The summed E-state index contributed by atoms with van der Waals surface area (Å²) in [5, 5.41) is 12.6. The molecular formula is C18H12Cl2O3. The van der Waals surface area contributed by atoms with Crippen molar-refractivity contribution in [1.29, 1.82) is 0 Å². The molecule has 3 rings (SSSR count). The minimum atomic E-state index is -0.635. The standard InChI is InChI=1S/C18H12Cl2O3/c19-15-6-3-7-16(20)14(15)10-23-18(22)13-9-8-11-4-1-2-5-12(11)17(13)21/h1-9,21H,10H2. The van der Waals surface area contributed by atoms with Crippen LogP contribution in [0.2, 0.25) is 10.0 Å². The van der Waals surface area contributed by atoms with Crippen LogP contribution in [0.1, 0.15) is 15.9 Å². The number of carbonyl (C=O) groups is 1. The molecule has 0 spiro atoms. The van der Waals surface area contributed by atoms with Crippen molar-refractivity contribution in [3.05, 3.63) is 75.8 Å². The lowest BCUT2D eigenvalue weighted by molar-refractivity contribution is 0.0470. The van der Waals surface area contributed by atoms with Crippen molar-refractivity contribution in [2.45, 2.75) is 6.61 Å². The van der Waals surface area contributed by atoms with Crippen LogP contribution >= 0.6 is 23.2 Å². The Labute approximate surface area is 143 Å². The van der Waals surface area contributed by atoms with Crippen LogP contribution in [-0.4, -0.2) is 11.1 Å². The number of phenolic OH excluding ortho intramolecular Hbond substituents is 1. The monoisotopic (exact) mass is 346 g/mol. The van der Waals surface area contributed by atoms with Gasteiger partial charge in [-0.05, 0) is 23.6 Å². The summed E-state index contributed by atoms with van der Waals surface area (Å²) in [7, 11) is 0. The van der Waals surface area contributed by atoms with Gasteiger partial charge in [0.2, 0.25) is 0 Å². The van der Waals surface area contributed by atoms with Crippen LogP contribution in [0.25, 0.3) is 10.8 Å². The summed E-state index contributed by atoms with van der Waals surface area (Å²) < 4.78 is 5.24. The Morgan fingerprint density at radius 1 is 0.957 bits per heavy atom.